The normalized spacial score (nSPS) is 21.3. The topological polar surface area (TPSA) is 75.5 Å². The minimum atomic E-state index is -2.14. The molecule has 0 bridgehead atoms. The number of nitrogens with zero attached hydrogens (tertiary/aromatic N) is 1. The molecule has 1 aromatic heterocycles. The van der Waals surface area contributed by atoms with Crippen molar-refractivity contribution in [3.05, 3.63) is 28.6 Å². The molecule has 1 saturated heterocycles. The SMILES string of the molecule is COC(=O)[C@]1(F)CCN(C(=O)c2ccc3[nH]c(=S)oc3c2)C1. The van der Waals surface area contributed by atoms with Gasteiger partial charge in [-0.25, -0.2) is 9.18 Å². The molecule has 1 atom stereocenters. The van der Waals surface area contributed by atoms with Gasteiger partial charge >= 0.3 is 5.97 Å². The number of esters is 1. The molecule has 1 aromatic carbocycles. The number of aromatic amines is 1. The molecule has 0 aliphatic carbocycles. The van der Waals surface area contributed by atoms with Crippen molar-refractivity contribution >= 4 is 35.2 Å². The fourth-order valence-corrected chi connectivity index (χ4v) is 2.76. The Morgan fingerprint density at radius 1 is 1.50 bits per heavy atom. The molecule has 22 heavy (non-hydrogen) atoms. The van der Waals surface area contributed by atoms with Gasteiger partial charge in [0.1, 0.15) is 0 Å². The number of nitrogens with one attached hydrogen (secondary N) is 1. The quantitative estimate of drug-likeness (QED) is 0.677. The van der Waals surface area contributed by atoms with Gasteiger partial charge in [-0.05, 0) is 30.4 Å². The first-order chi connectivity index (χ1) is 10.4. The Balaban J connectivity index is 1.84. The van der Waals surface area contributed by atoms with Gasteiger partial charge in [-0.3, -0.25) is 4.79 Å². The third-order valence-corrected chi connectivity index (χ3v) is 3.91. The molecule has 3 rings (SSSR count). The van der Waals surface area contributed by atoms with Crippen molar-refractivity contribution in [2.75, 3.05) is 20.2 Å². The lowest BCUT2D eigenvalue weighted by Crippen LogP contribution is -2.39. The predicted molar refractivity (Wildman–Crippen MR) is 77.8 cm³/mol. The number of oxazole rings is 1. The highest BCUT2D eigenvalue weighted by Gasteiger charge is 2.47. The third-order valence-electron chi connectivity index (χ3n) is 3.73. The number of H-pyrrole nitrogens is 1. The van der Waals surface area contributed by atoms with Gasteiger partial charge in [-0.15, -0.1) is 0 Å². The van der Waals surface area contributed by atoms with Gasteiger partial charge in [-0.2, -0.15) is 0 Å². The Hall–Kier alpha value is -2.22. The number of likely N-dealkylation sites (tertiary alicyclic amines) is 1. The number of rotatable bonds is 2. The summed E-state index contributed by atoms with van der Waals surface area (Å²) in [5.41, 5.74) is -0.660. The highest BCUT2D eigenvalue weighted by atomic mass is 32.1. The molecular weight excluding hydrogens is 311 g/mol. The van der Waals surface area contributed by atoms with Crippen molar-refractivity contribution in [1.82, 2.24) is 9.88 Å². The van der Waals surface area contributed by atoms with E-state index < -0.39 is 11.6 Å². The largest absolute Gasteiger partial charge is 0.467 e. The lowest BCUT2D eigenvalue weighted by Gasteiger charge is -2.18. The van der Waals surface area contributed by atoms with Gasteiger partial charge in [0.15, 0.2) is 5.58 Å². The van der Waals surface area contributed by atoms with E-state index in [9.17, 15) is 14.0 Å². The molecule has 8 heteroatoms. The van der Waals surface area contributed by atoms with E-state index in [1.807, 2.05) is 0 Å². The van der Waals surface area contributed by atoms with Crippen LogP contribution in [0.4, 0.5) is 4.39 Å². The maximum absolute atomic E-state index is 14.4. The number of hydrogen-bond acceptors (Lipinski definition) is 5. The molecule has 1 N–H and O–H groups in total. The first-order valence-electron chi connectivity index (χ1n) is 6.62. The summed E-state index contributed by atoms with van der Waals surface area (Å²) in [6.07, 6.45) is -0.0709. The van der Waals surface area contributed by atoms with Gasteiger partial charge in [0.2, 0.25) is 5.67 Å². The summed E-state index contributed by atoms with van der Waals surface area (Å²) in [5, 5.41) is 0. The molecule has 0 spiro atoms. The number of hydrogen-bond donors (Lipinski definition) is 1. The molecular formula is C14H13FN2O4S. The maximum Gasteiger partial charge on any atom is 0.345 e. The number of aromatic nitrogens is 1. The van der Waals surface area contributed by atoms with E-state index in [0.717, 1.165) is 7.11 Å². The zero-order valence-electron chi connectivity index (χ0n) is 11.7. The van der Waals surface area contributed by atoms with E-state index in [1.165, 1.54) is 4.90 Å². The molecule has 1 amide bonds. The molecule has 2 aromatic rings. The molecule has 1 aliphatic heterocycles. The van der Waals surface area contributed by atoms with Gasteiger partial charge in [0.25, 0.3) is 10.7 Å². The molecule has 0 saturated carbocycles. The second-order valence-corrected chi connectivity index (χ2v) is 5.53. The minimum Gasteiger partial charge on any atom is -0.467 e. The Labute approximate surface area is 129 Å². The fourth-order valence-electron chi connectivity index (χ4n) is 2.56. The van der Waals surface area contributed by atoms with Crippen LogP contribution in [0.3, 0.4) is 0 Å². The number of fused-ring (bicyclic) bond motifs is 1. The van der Waals surface area contributed by atoms with E-state index in [0.29, 0.717) is 16.7 Å². The Morgan fingerprint density at radius 2 is 2.27 bits per heavy atom. The number of alkyl halides is 1. The van der Waals surface area contributed by atoms with Crippen LogP contribution in [0, 0.1) is 4.84 Å². The number of amides is 1. The predicted octanol–water partition coefficient (Wildman–Crippen LogP) is 2.22. The minimum absolute atomic E-state index is 0.0709. The lowest BCUT2D eigenvalue weighted by atomic mass is 10.1. The van der Waals surface area contributed by atoms with Gasteiger partial charge in [0, 0.05) is 18.5 Å². The monoisotopic (exact) mass is 324 g/mol. The first kappa shape index (κ1) is 14.7. The highest BCUT2D eigenvalue weighted by molar-refractivity contribution is 7.71. The summed E-state index contributed by atoms with van der Waals surface area (Å²) in [5.74, 6) is -1.32. The van der Waals surface area contributed by atoms with Crippen molar-refractivity contribution < 1.29 is 23.1 Å². The highest BCUT2D eigenvalue weighted by Crippen LogP contribution is 2.28. The summed E-state index contributed by atoms with van der Waals surface area (Å²) >= 11 is 4.88. The second kappa shape index (κ2) is 5.20. The Kier molecular flexibility index (Phi) is 3.48. The van der Waals surface area contributed by atoms with Crippen molar-refractivity contribution in [2.24, 2.45) is 0 Å². The number of ether oxygens (including phenoxy) is 1. The van der Waals surface area contributed by atoms with Crippen LogP contribution < -0.4 is 0 Å². The number of halogens is 1. The van der Waals surface area contributed by atoms with Crippen LogP contribution in [0.1, 0.15) is 16.8 Å². The summed E-state index contributed by atoms with van der Waals surface area (Å²) in [7, 11) is 1.13. The summed E-state index contributed by atoms with van der Waals surface area (Å²) in [6.45, 7) is -0.161. The van der Waals surface area contributed by atoms with E-state index in [2.05, 4.69) is 9.72 Å². The van der Waals surface area contributed by atoms with Gasteiger partial charge in [0.05, 0.1) is 19.2 Å². The van der Waals surface area contributed by atoms with Crippen molar-refractivity contribution in [3.8, 4) is 0 Å². The zero-order chi connectivity index (χ0) is 15.9. The number of carbonyl (C=O) groups excluding carboxylic acids is 2. The molecule has 6 nitrogen and oxygen atoms in total. The zero-order valence-corrected chi connectivity index (χ0v) is 12.5. The second-order valence-electron chi connectivity index (χ2n) is 5.16. The van der Waals surface area contributed by atoms with Crippen molar-refractivity contribution in [2.45, 2.75) is 12.1 Å². The molecule has 1 fully saturated rings. The third kappa shape index (κ3) is 2.39. The fraction of sp³-hybridized carbons (Fsp3) is 0.357. The molecule has 2 heterocycles. The van der Waals surface area contributed by atoms with E-state index in [1.54, 1.807) is 18.2 Å². The maximum atomic E-state index is 14.4. The number of methoxy groups -OCH3 is 1. The molecule has 0 unspecified atom stereocenters. The van der Waals surface area contributed by atoms with Crippen LogP contribution >= 0.6 is 12.2 Å². The summed E-state index contributed by atoms with van der Waals surface area (Å²) in [6, 6.07) is 4.81. The summed E-state index contributed by atoms with van der Waals surface area (Å²) in [4.78, 5) is 28.2. The molecule has 1 aliphatic rings. The smallest absolute Gasteiger partial charge is 0.345 e. The Bertz CT molecular complexity index is 815. The molecule has 0 radical (unpaired) electrons. The van der Waals surface area contributed by atoms with Gasteiger partial charge < -0.3 is 19.0 Å². The van der Waals surface area contributed by atoms with Crippen LogP contribution in [0.2, 0.25) is 0 Å². The van der Waals surface area contributed by atoms with Gasteiger partial charge in [-0.1, -0.05) is 0 Å². The lowest BCUT2D eigenvalue weighted by molar-refractivity contribution is -0.153. The average Bonchev–Trinajstić information content (AvgIpc) is 3.07. The van der Waals surface area contributed by atoms with Crippen LogP contribution in [0.15, 0.2) is 22.6 Å². The first-order valence-corrected chi connectivity index (χ1v) is 7.03. The van der Waals surface area contributed by atoms with Crippen LogP contribution in [0.5, 0.6) is 0 Å². The number of carbonyl (C=O) groups is 2. The number of benzene rings is 1. The van der Waals surface area contributed by atoms with Crippen LogP contribution in [-0.4, -0.2) is 47.6 Å². The molecule has 116 valence electrons. The Morgan fingerprint density at radius 3 is 3.00 bits per heavy atom. The van der Waals surface area contributed by atoms with Crippen molar-refractivity contribution in [1.29, 1.82) is 0 Å². The summed E-state index contributed by atoms with van der Waals surface area (Å²) < 4.78 is 24.1. The van der Waals surface area contributed by atoms with E-state index in [-0.39, 0.29) is 30.3 Å². The van der Waals surface area contributed by atoms with E-state index in [4.69, 9.17) is 16.6 Å². The van der Waals surface area contributed by atoms with Crippen molar-refractivity contribution in [3.63, 3.8) is 0 Å². The van der Waals surface area contributed by atoms with Crippen LogP contribution in [-0.2, 0) is 9.53 Å². The van der Waals surface area contributed by atoms with E-state index >= 15 is 0 Å². The average molecular weight is 324 g/mol. The van der Waals surface area contributed by atoms with Crippen LogP contribution in [0.25, 0.3) is 11.1 Å². The standard InChI is InChI=1S/C14H13FN2O4S/c1-20-12(19)14(15)4-5-17(7-14)11(18)8-2-3-9-10(6-8)21-13(22)16-9/h2-3,6H,4-5,7H2,1H3,(H,16,22)/t14-/m0/s1.